The maximum atomic E-state index is 14.7. The summed E-state index contributed by atoms with van der Waals surface area (Å²) in [6.07, 6.45) is -1.03. The number of amides is 8. The quantitative estimate of drug-likeness (QED) is 0.0320. The van der Waals surface area contributed by atoms with E-state index in [-0.39, 0.29) is 50.1 Å². The summed E-state index contributed by atoms with van der Waals surface area (Å²) < 4.78 is 0. The molecule has 1 fully saturated rings. The lowest BCUT2D eigenvalue weighted by Gasteiger charge is -2.31. The molecule has 0 bridgehead atoms. The first-order valence-electron chi connectivity index (χ1n) is 26.0. The number of hydrogen-bond donors (Lipinski definition) is 13. The molecule has 4 aromatic rings. The van der Waals surface area contributed by atoms with Gasteiger partial charge < -0.3 is 73.4 Å². The molecule has 0 spiro atoms. The molecular weight excluding hydrogens is 1040 g/mol. The molecule has 0 unspecified atom stereocenters. The van der Waals surface area contributed by atoms with Crippen molar-refractivity contribution in [2.24, 2.45) is 11.7 Å². The number of rotatable bonds is 29. The fraction of sp³-hybridized carbons (Fsp3) is 0.393. The highest BCUT2D eigenvalue weighted by molar-refractivity contribution is 5.99. The van der Waals surface area contributed by atoms with Gasteiger partial charge in [-0.15, -0.1) is 0 Å². The highest BCUT2D eigenvalue weighted by atomic mass is 16.4. The van der Waals surface area contributed by atoms with Crippen molar-refractivity contribution in [2.75, 3.05) is 19.7 Å². The summed E-state index contributed by atoms with van der Waals surface area (Å²) in [5.74, 6) is -10.7. The predicted octanol–water partition coefficient (Wildman–Crippen LogP) is -0.691. The lowest BCUT2D eigenvalue weighted by molar-refractivity contribution is -0.143. The van der Waals surface area contributed by atoms with Gasteiger partial charge in [0.15, 0.2) is 0 Å². The van der Waals surface area contributed by atoms with Crippen LogP contribution in [0.2, 0.25) is 0 Å². The van der Waals surface area contributed by atoms with Crippen LogP contribution in [0.25, 0.3) is 0 Å². The van der Waals surface area contributed by atoms with Crippen LogP contribution in [0.4, 0.5) is 0 Å². The van der Waals surface area contributed by atoms with E-state index >= 15 is 0 Å². The molecule has 428 valence electrons. The first-order chi connectivity index (χ1) is 38.2. The number of aliphatic hydroxyl groups excluding tert-OH is 1. The normalized spacial score (nSPS) is 15.9. The van der Waals surface area contributed by atoms with E-state index in [1.807, 2.05) is 0 Å². The number of carboxylic acids is 2. The lowest BCUT2D eigenvalue weighted by atomic mass is 9.98. The summed E-state index contributed by atoms with van der Waals surface area (Å²) in [6, 6.07) is 16.0. The third-order valence-electron chi connectivity index (χ3n) is 13.5. The number of likely N-dealkylation sites (tertiary alicyclic amines) is 1. The number of benzene rings is 4. The van der Waals surface area contributed by atoms with Crippen molar-refractivity contribution >= 4 is 59.2 Å². The molecule has 1 heterocycles. The van der Waals surface area contributed by atoms with Crippen molar-refractivity contribution < 1.29 is 73.5 Å². The Balaban J connectivity index is 1.41. The van der Waals surface area contributed by atoms with Crippen molar-refractivity contribution in [1.29, 1.82) is 0 Å². The molecule has 4 aromatic carbocycles. The number of phenolic OH excluding ortho intramolecular Hbond substituents is 2. The van der Waals surface area contributed by atoms with Crippen molar-refractivity contribution in [1.82, 2.24) is 42.1 Å². The Bertz CT molecular complexity index is 2790. The molecule has 5 rings (SSSR count). The van der Waals surface area contributed by atoms with Gasteiger partial charge in [-0.3, -0.25) is 43.2 Å². The zero-order chi connectivity index (χ0) is 58.5. The fourth-order valence-electron chi connectivity index (χ4n) is 8.89. The molecule has 1 aliphatic heterocycles. The summed E-state index contributed by atoms with van der Waals surface area (Å²) >= 11 is 0. The zero-order valence-corrected chi connectivity index (χ0v) is 44.2. The molecule has 0 aliphatic carbocycles. The smallest absolute Gasteiger partial charge is 0.326 e. The van der Waals surface area contributed by atoms with Crippen LogP contribution in [0.15, 0.2) is 109 Å². The number of carbonyl (C=O) groups excluding carboxylic acids is 8. The van der Waals surface area contributed by atoms with Gasteiger partial charge in [-0.1, -0.05) is 105 Å². The molecule has 24 heteroatoms. The molecule has 9 atom stereocenters. The van der Waals surface area contributed by atoms with E-state index in [1.165, 1.54) is 53.4 Å². The van der Waals surface area contributed by atoms with E-state index in [0.717, 1.165) is 0 Å². The van der Waals surface area contributed by atoms with Crippen molar-refractivity contribution in [3.63, 3.8) is 0 Å². The fourth-order valence-corrected chi connectivity index (χ4v) is 8.89. The summed E-state index contributed by atoms with van der Waals surface area (Å²) in [7, 11) is 0. The van der Waals surface area contributed by atoms with Gasteiger partial charge >= 0.3 is 11.9 Å². The molecule has 1 aliphatic rings. The van der Waals surface area contributed by atoms with Crippen LogP contribution in [-0.4, -0.2) is 158 Å². The second kappa shape index (κ2) is 30.3. The summed E-state index contributed by atoms with van der Waals surface area (Å²) in [4.78, 5) is 137. The molecular formula is C56H69N9O15. The van der Waals surface area contributed by atoms with E-state index in [0.29, 0.717) is 35.1 Å². The number of nitrogens with one attached hydrogen (secondary N) is 7. The minimum Gasteiger partial charge on any atom is -0.508 e. The van der Waals surface area contributed by atoms with Crippen LogP contribution in [0.5, 0.6) is 11.5 Å². The lowest BCUT2D eigenvalue weighted by Crippen LogP contribution is -2.61. The van der Waals surface area contributed by atoms with Crippen LogP contribution in [0.3, 0.4) is 0 Å². The van der Waals surface area contributed by atoms with E-state index < -0.39 is 133 Å². The Labute approximate surface area is 461 Å². The average Bonchev–Trinajstić information content (AvgIpc) is 3.97. The Morgan fingerprint density at radius 1 is 0.550 bits per heavy atom. The number of hydrogen-bond acceptors (Lipinski definition) is 14. The summed E-state index contributed by atoms with van der Waals surface area (Å²) in [5, 5.41) is 67.6. The number of phenols is 2. The molecule has 0 saturated carbocycles. The topological polar surface area (TPSA) is 385 Å². The van der Waals surface area contributed by atoms with Crippen molar-refractivity contribution in [2.45, 2.75) is 114 Å². The standard InChI is InChI=1S/C56H69N9O15/c1-3-32(2)48(64-46(69)30-57)54(77)63-44(31-66)55(78)65-24-10-15-45(65)53(76)61-41(26-34-13-8-5-9-14-34)51(74)59-40(27-35-16-20-37(67)21-17-35)49(72)58-39(25-33-11-6-4-7-12-33)50(73)60-42(29-47(70)71)52(75)62-43(56(79)80)28-36-18-22-38(68)23-19-36/h4-9,11-14,16-23,32,39-45,48,66-68H,3,10,15,24-31,57H2,1-2H3,(H,58,72)(H,59,74)(H,60,73)(H,61,76)(H,62,75)(H,63,77)(H,64,69)(H,70,71)(H,79,80)/t32-,39-,40-,41-,42-,43-,44-,45-,48-/m0/s1. The number of nitrogens with zero attached hydrogens (tertiary/aromatic N) is 1. The summed E-state index contributed by atoms with van der Waals surface area (Å²) in [6.45, 7) is 2.28. The first-order valence-corrected chi connectivity index (χ1v) is 26.0. The Morgan fingerprint density at radius 2 is 0.963 bits per heavy atom. The van der Waals surface area contributed by atoms with Gasteiger partial charge in [-0.05, 0) is 65.3 Å². The van der Waals surface area contributed by atoms with Gasteiger partial charge in [0.2, 0.25) is 47.3 Å². The Hall–Kier alpha value is -8.90. The van der Waals surface area contributed by atoms with Gasteiger partial charge in [-0.2, -0.15) is 0 Å². The van der Waals surface area contributed by atoms with Gasteiger partial charge in [0.25, 0.3) is 0 Å². The minimum absolute atomic E-state index is 0.0374. The van der Waals surface area contributed by atoms with Gasteiger partial charge in [0, 0.05) is 32.2 Å². The second-order valence-corrected chi connectivity index (χ2v) is 19.4. The van der Waals surface area contributed by atoms with Crippen LogP contribution < -0.4 is 43.0 Å². The number of aliphatic hydroxyl groups is 1. The Kier molecular flexibility index (Phi) is 23.5. The van der Waals surface area contributed by atoms with Crippen LogP contribution in [0, 0.1) is 5.92 Å². The molecule has 14 N–H and O–H groups in total. The van der Waals surface area contributed by atoms with Gasteiger partial charge in [0.1, 0.15) is 59.8 Å². The highest BCUT2D eigenvalue weighted by Crippen LogP contribution is 2.21. The number of carbonyl (C=O) groups is 10. The largest absolute Gasteiger partial charge is 0.508 e. The van der Waals surface area contributed by atoms with Gasteiger partial charge in [-0.25, -0.2) is 4.79 Å². The number of aromatic hydroxyl groups is 2. The minimum atomic E-state index is -1.87. The third-order valence-corrected chi connectivity index (χ3v) is 13.5. The molecule has 1 saturated heterocycles. The predicted molar refractivity (Wildman–Crippen MR) is 288 cm³/mol. The molecule has 0 aromatic heterocycles. The van der Waals surface area contributed by atoms with Crippen LogP contribution in [-0.2, 0) is 73.6 Å². The number of nitrogens with two attached hydrogens (primary N) is 1. The highest BCUT2D eigenvalue weighted by Gasteiger charge is 2.41. The monoisotopic (exact) mass is 1110 g/mol. The summed E-state index contributed by atoms with van der Waals surface area (Å²) in [5.41, 5.74) is 7.34. The first kappa shape index (κ1) is 61.9. The van der Waals surface area contributed by atoms with E-state index in [1.54, 1.807) is 74.5 Å². The molecule has 0 radical (unpaired) electrons. The van der Waals surface area contributed by atoms with E-state index in [9.17, 15) is 73.5 Å². The third kappa shape index (κ3) is 18.6. The average molecular weight is 1110 g/mol. The number of carboxylic acid groups (broad SMARTS) is 2. The molecule has 80 heavy (non-hydrogen) atoms. The maximum Gasteiger partial charge on any atom is 0.326 e. The van der Waals surface area contributed by atoms with Gasteiger partial charge in [0.05, 0.1) is 19.6 Å². The SMILES string of the molecule is CC[C@H](C)[C@H](NC(=O)CN)C(=O)N[C@@H](CO)C(=O)N1CCC[C@H]1C(=O)N[C@@H](Cc1ccccc1)C(=O)N[C@@H](Cc1ccc(O)cc1)C(=O)N[C@@H](Cc1ccccc1)C(=O)N[C@@H](CC(=O)O)C(=O)N[C@@H](Cc1ccc(O)cc1)C(=O)O. The second-order valence-electron chi connectivity index (χ2n) is 19.4. The van der Waals surface area contributed by atoms with Crippen LogP contribution >= 0.6 is 0 Å². The van der Waals surface area contributed by atoms with Crippen molar-refractivity contribution in [3.8, 4) is 11.5 Å². The van der Waals surface area contributed by atoms with Crippen LogP contribution in [0.1, 0.15) is 61.8 Å². The van der Waals surface area contributed by atoms with E-state index in [2.05, 4.69) is 37.2 Å². The molecule has 24 nitrogen and oxygen atoms in total. The number of aliphatic carboxylic acids is 2. The van der Waals surface area contributed by atoms with Crippen molar-refractivity contribution in [3.05, 3.63) is 131 Å². The molecule has 8 amide bonds. The zero-order valence-electron chi connectivity index (χ0n) is 44.2. The Morgan fingerprint density at radius 3 is 1.40 bits per heavy atom. The maximum absolute atomic E-state index is 14.7. The van der Waals surface area contributed by atoms with E-state index in [4.69, 9.17) is 5.73 Å².